The summed E-state index contributed by atoms with van der Waals surface area (Å²) < 4.78 is 26.7. The van der Waals surface area contributed by atoms with Gasteiger partial charge in [-0.25, -0.2) is 13.4 Å². The Morgan fingerprint density at radius 3 is 2.47 bits per heavy atom. The molecule has 0 bridgehead atoms. The quantitative estimate of drug-likeness (QED) is 0.943. The number of pyridine rings is 1. The van der Waals surface area contributed by atoms with Gasteiger partial charge in [0, 0.05) is 10.7 Å². The van der Waals surface area contributed by atoms with Crippen LogP contribution in [0, 0.1) is 0 Å². The molecule has 1 aromatic heterocycles. The molecule has 0 aliphatic rings. The van der Waals surface area contributed by atoms with Crippen LogP contribution in [0.3, 0.4) is 0 Å². The van der Waals surface area contributed by atoms with Crippen molar-refractivity contribution >= 4 is 27.4 Å². The van der Waals surface area contributed by atoms with Crippen molar-refractivity contribution in [3.8, 4) is 0 Å². The molecule has 1 N–H and O–H groups in total. The zero-order chi connectivity index (χ0) is 13.9. The molecular weight excluding hydrogens is 284 g/mol. The zero-order valence-electron chi connectivity index (χ0n) is 10.3. The number of anilines is 1. The highest BCUT2D eigenvalue weighted by molar-refractivity contribution is 7.92. The second kappa shape index (κ2) is 5.59. The van der Waals surface area contributed by atoms with Crippen molar-refractivity contribution in [1.82, 2.24) is 4.98 Å². The Morgan fingerprint density at radius 2 is 1.84 bits per heavy atom. The van der Waals surface area contributed by atoms with E-state index in [4.69, 9.17) is 11.6 Å². The van der Waals surface area contributed by atoms with Crippen LogP contribution >= 0.6 is 11.6 Å². The predicted molar refractivity (Wildman–Crippen MR) is 75.9 cm³/mol. The van der Waals surface area contributed by atoms with Crippen LogP contribution in [0.1, 0.15) is 12.6 Å². The van der Waals surface area contributed by atoms with E-state index in [0.29, 0.717) is 10.8 Å². The monoisotopic (exact) mass is 296 g/mol. The third kappa shape index (κ3) is 3.45. The molecule has 1 heterocycles. The number of aromatic nitrogens is 1. The maximum absolute atomic E-state index is 12.1. The lowest BCUT2D eigenvalue weighted by molar-refractivity contribution is 0.601. The predicted octanol–water partition coefficient (Wildman–Crippen LogP) is 3.10. The van der Waals surface area contributed by atoms with Gasteiger partial charge >= 0.3 is 0 Å². The van der Waals surface area contributed by atoms with E-state index < -0.39 is 10.0 Å². The van der Waals surface area contributed by atoms with Crippen molar-refractivity contribution in [1.29, 1.82) is 0 Å². The fourth-order valence-corrected chi connectivity index (χ4v) is 2.67. The van der Waals surface area contributed by atoms with Crippen LogP contribution in [-0.4, -0.2) is 13.4 Å². The minimum absolute atomic E-state index is 0.153. The minimum atomic E-state index is -3.63. The Morgan fingerprint density at radius 1 is 1.16 bits per heavy atom. The fourth-order valence-electron chi connectivity index (χ4n) is 1.54. The third-order valence-corrected chi connectivity index (χ3v) is 4.15. The maximum Gasteiger partial charge on any atom is 0.263 e. The smallest absolute Gasteiger partial charge is 0.263 e. The summed E-state index contributed by atoms with van der Waals surface area (Å²) in [6.07, 6.45) is 0.747. The average molecular weight is 297 g/mol. The number of hydrogen-bond donors (Lipinski definition) is 1. The number of sulfonamides is 1. The van der Waals surface area contributed by atoms with E-state index in [1.165, 1.54) is 24.3 Å². The zero-order valence-corrected chi connectivity index (χ0v) is 11.9. The lowest BCUT2D eigenvalue weighted by Crippen LogP contribution is -2.14. The van der Waals surface area contributed by atoms with Crippen LogP contribution in [0.2, 0.25) is 5.02 Å². The van der Waals surface area contributed by atoms with Crippen molar-refractivity contribution in [3.05, 3.63) is 53.2 Å². The summed E-state index contributed by atoms with van der Waals surface area (Å²) >= 11 is 5.73. The fraction of sp³-hybridized carbons (Fsp3) is 0.154. The molecule has 2 aromatic rings. The maximum atomic E-state index is 12.1. The summed E-state index contributed by atoms with van der Waals surface area (Å²) in [5.74, 6) is 0.314. The molecule has 0 saturated carbocycles. The number of nitrogens with zero attached hydrogens (tertiary/aromatic N) is 1. The summed E-state index contributed by atoms with van der Waals surface area (Å²) in [5, 5.41) is 0.491. The topological polar surface area (TPSA) is 59.1 Å². The Hall–Kier alpha value is -1.59. The summed E-state index contributed by atoms with van der Waals surface area (Å²) in [4.78, 5) is 4.36. The Bertz CT molecular complexity index is 669. The molecule has 0 aliphatic heterocycles. The van der Waals surface area contributed by atoms with E-state index in [1.807, 2.05) is 13.0 Å². The van der Waals surface area contributed by atoms with Gasteiger partial charge in [0.1, 0.15) is 5.82 Å². The standard InChI is InChI=1S/C13H13ClN2O2S/c1-2-11-4-3-5-13(15-11)16-19(17,18)12-8-6-10(14)7-9-12/h3-9H,2H2,1H3,(H,15,16). The van der Waals surface area contributed by atoms with Gasteiger partial charge in [0.2, 0.25) is 0 Å². The highest BCUT2D eigenvalue weighted by Crippen LogP contribution is 2.17. The van der Waals surface area contributed by atoms with Gasteiger partial charge in [-0.2, -0.15) is 0 Å². The SMILES string of the molecule is CCc1cccc(NS(=O)(=O)c2ccc(Cl)cc2)n1. The average Bonchev–Trinajstić information content (AvgIpc) is 2.39. The van der Waals surface area contributed by atoms with Crippen molar-refractivity contribution in [2.45, 2.75) is 18.2 Å². The first-order valence-corrected chi connectivity index (χ1v) is 7.61. The Balaban J connectivity index is 2.28. The number of hydrogen-bond acceptors (Lipinski definition) is 3. The molecule has 1 aromatic carbocycles. The number of aryl methyl sites for hydroxylation is 1. The van der Waals surface area contributed by atoms with E-state index in [1.54, 1.807) is 12.1 Å². The molecule has 0 saturated heterocycles. The van der Waals surface area contributed by atoms with E-state index in [0.717, 1.165) is 12.1 Å². The van der Waals surface area contributed by atoms with Crippen molar-refractivity contribution in [2.75, 3.05) is 4.72 Å². The second-order valence-corrected chi connectivity index (χ2v) is 6.05. The van der Waals surface area contributed by atoms with Crippen LogP contribution in [0.15, 0.2) is 47.4 Å². The van der Waals surface area contributed by atoms with Crippen molar-refractivity contribution < 1.29 is 8.42 Å². The Labute approximate surface area is 117 Å². The molecule has 4 nitrogen and oxygen atoms in total. The lowest BCUT2D eigenvalue weighted by atomic mass is 10.3. The molecule has 0 fully saturated rings. The molecule has 19 heavy (non-hydrogen) atoms. The Kier molecular flexibility index (Phi) is 4.07. The van der Waals surface area contributed by atoms with Gasteiger partial charge in [-0.3, -0.25) is 4.72 Å². The largest absolute Gasteiger partial charge is 0.263 e. The molecule has 0 amide bonds. The minimum Gasteiger partial charge on any atom is -0.263 e. The van der Waals surface area contributed by atoms with Gasteiger partial charge in [0.25, 0.3) is 10.0 Å². The third-order valence-electron chi connectivity index (χ3n) is 2.53. The highest BCUT2D eigenvalue weighted by Gasteiger charge is 2.14. The van der Waals surface area contributed by atoms with Crippen LogP contribution in [-0.2, 0) is 16.4 Å². The van der Waals surface area contributed by atoms with Gasteiger partial charge in [-0.15, -0.1) is 0 Å². The first-order valence-electron chi connectivity index (χ1n) is 5.75. The molecule has 2 rings (SSSR count). The number of nitrogens with one attached hydrogen (secondary N) is 1. The number of halogens is 1. The van der Waals surface area contributed by atoms with Gasteiger partial charge in [-0.05, 0) is 42.8 Å². The summed E-state index contributed by atoms with van der Waals surface area (Å²) in [6, 6.07) is 11.2. The van der Waals surface area contributed by atoms with Gasteiger partial charge in [-0.1, -0.05) is 24.6 Å². The molecule has 0 aliphatic carbocycles. The van der Waals surface area contributed by atoms with Crippen LogP contribution in [0.4, 0.5) is 5.82 Å². The van der Waals surface area contributed by atoms with E-state index in [2.05, 4.69) is 9.71 Å². The first-order chi connectivity index (χ1) is 9.01. The van der Waals surface area contributed by atoms with E-state index >= 15 is 0 Å². The molecule has 0 atom stereocenters. The van der Waals surface area contributed by atoms with E-state index in [9.17, 15) is 8.42 Å². The number of benzene rings is 1. The second-order valence-electron chi connectivity index (χ2n) is 3.93. The van der Waals surface area contributed by atoms with E-state index in [-0.39, 0.29) is 4.90 Å². The van der Waals surface area contributed by atoms with Crippen LogP contribution in [0.5, 0.6) is 0 Å². The number of rotatable bonds is 4. The highest BCUT2D eigenvalue weighted by atomic mass is 35.5. The lowest BCUT2D eigenvalue weighted by Gasteiger charge is -2.08. The van der Waals surface area contributed by atoms with Crippen LogP contribution < -0.4 is 4.72 Å². The molecule has 0 spiro atoms. The normalized spacial score (nSPS) is 11.3. The molecule has 100 valence electrons. The first kappa shape index (κ1) is 13.8. The van der Waals surface area contributed by atoms with Gasteiger partial charge < -0.3 is 0 Å². The molecule has 6 heteroatoms. The molecular formula is C13H13ClN2O2S. The molecule has 0 radical (unpaired) electrons. The molecule has 0 unspecified atom stereocenters. The van der Waals surface area contributed by atoms with Crippen molar-refractivity contribution in [3.63, 3.8) is 0 Å². The summed E-state index contributed by atoms with van der Waals surface area (Å²) in [6.45, 7) is 1.96. The van der Waals surface area contributed by atoms with Crippen LogP contribution in [0.25, 0.3) is 0 Å². The summed E-state index contributed by atoms with van der Waals surface area (Å²) in [7, 11) is -3.63. The van der Waals surface area contributed by atoms with Gasteiger partial charge in [0.15, 0.2) is 0 Å². The van der Waals surface area contributed by atoms with Crippen molar-refractivity contribution in [2.24, 2.45) is 0 Å². The van der Waals surface area contributed by atoms with Gasteiger partial charge in [0.05, 0.1) is 4.90 Å². The summed E-state index contributed by atoms with van der Waals surface area (Å²) in [5.41, 5.74) is 0.830.